The van der Waals surface area contributed by atoms with Gasteiger partial charge in [0.25, 0.3) is 0 Å². The average Bonchev–Trinajstić information content (AvgIpc) is 2.91. The lowest BCUT2D eigenvalue weighted by Gasteiger charge is -2.17. The van der Waals surface area contributed by atoms with E-state index in [1.165, 1.54) is 5.39 Å². The van der Waals surface area contributed by atoms with E-state index < -0.39 is 0 Å². The predicted molar refractivity (Wildman–Crippen MR) is 85.5 cm³/mol. The minimum atomic E-state index is 0.709. The van der Waals surface area contributed by atoms with Gasteiger partial charge in [-0.25, -0.2) is 9.97 Å². The fraction of sp³-hybridized carbons (Fsp3) is 0.538. The van der Waals surface area contributed by atoms with Crippen molar-refractivity contribution in [1.82, 2.24) is 14.9 Å². The zero-order valence-corrected chi connectivity index (χ0v) is 13.3. The van der Waals surface area contributed by atoms with Gasteiger partial charge in [-0.2, -0.15) is 0 Å². The molecular weight excluding hydrogens is 276 g/mol. The fourth-order valence-corrected chi connectivity index (χ4v) is 3.70. The van der Waals surface area contributed by atoms with E-state index in [1.54, 1.807) is 11.3 Å². The number of hydrogen-bond acceptors (Lipinski definition) is 6. The summed E-state index contributed by atoms with van der Waals surface area (Å²) in [5, 5.41) is 7.37. The molecule has 0 aliphatic carbocycles. The Morgan fingerprint density at radius 2 is 2.11 bits per heavy atom. The maximum atomic E-state index is 4.57. The predicted octanol–water partition coefficient (Wildman–Crippen LogP) is 3.17. The molecular formula is C13H20N4S2. The van der Waals surface area contributed by atoms with E-state index in [9.17, 15) is 0 Å². The van der Waals surface area contributed by atoms with E-state index in [1.807, 2.05) is 18.8 Å². The molecule has 104 valence electrons. The lowest BCUT2D eigenvalue weighted by Crippen LogP contribution is -2.25. The van der Waals surface area contributed by atoms with Gasteiger partial charge in [0, 0.05) is 24.7 Å². The third-order valence-electron chi connectivity index (χ3n) is 3.05. The molecule has 4 nitrogen and oxygen atoms in total. The van der Waals surface area contributed by atoms with Crippen LogP contribution in [0.1, 0.15) is 13.8 Å². The van der Waals surface area contributed by atoms with Crippen LogP contribution in [-0.2, 0) is 0 Å². The molecule has 2 rings (SSSR count). The second kappa shape index (κ2) is 7.07. The van der Waals surface area contributed by atoms with Crippen molar-refractivity contribution in [2.24, 2.45) is 0 Å². The van der Waals surface area contributed by atoms with Crippen molar-refractivity contribution < 1.29 is 0 Å². The molecule has 19 heavy (non-hydrogen) atoms. The maximum Gasteiger partial charge on any atom is 0.224 e. The van der Waals surface area contributed by atoms with Crippen molar-refractivity contribution in [2.75, 3.05) is 37.8 Å². The van der Waals surface area contributed by atoms with Crippen molar-refractivity contribution in [3.8, 4) is 0 Å². The number of nitrogens with one attached hydrogen (secondary N) is 1. The van der Waals surface area contributed by atoms with Gasteiger partial charge in [-0.15, -0.1) is 23.1 Å². The number of anilines is 1. The van der Waals surface area contributed by atoms with E-state index in [2.05, 4.69) is 45.5 Å². The summed E-state index contributed by atoms with van der Waals surface area (Å²) in [6, 6.07) is 2.11. The molecule has 0 aliphatic heterocycles. The van der Waals surface area contributed by atoms with Gasteiger partial charge in [-0.3, -0.25) is 0 Å². The van der Waals surface area contributed by atoms with Crippen LogP contribution in [0.2, 0.25) is 0 Å². The van der Waals surface area contributed by atoms with Crippen molar-refractivity contribution >= 4 is 39.3 Å². The Hall–Kier alpha value is -0.850. The zero-order chi connectivity index (χ0) is 13.7. The highest BCUT2D eigenvalue weighted by Gasteiger charge is 2.09. The molecule has 0 saturated carbocycles. The summed E-state index contributed by atoms with van der Waals surface area (Å²) in [6.45, 7) is 7.72. The molecule has 0 atom stereocenters. The van der Waals surface area contributed by atoms with Gasteiger partial charge in [0.15, 0.2) is 0 Å². The van der Waals surface area contributed by atoms with Gasteiger partial charge in [0.05, 0.1) is 0 Å². The lowest BCUT2D eigenvalue weighted by molar-refractivity contribution is 0.324. The third kappa shape index (κ3) is 3.58. The molecule has 1 N–H and O–H groups in total. The average molecular weight is 296 g/mol. The summed E-state index contributed by atoms with van der Waals surface area (Å²) >= 11 is 3.48. The van der Waals surface area contributed by atoms with Crippen molar-refractivity contribution in [3.63, 3.8) is 0 Å². The topological polar surface area (TPSA) is 41.1 Å². The van der Waals surface area contributed by atoms with Gasteiger partial charge in [0.2, 0.25) is 5.95 Å². The van der Waals surface area contributed by atoms with E-state index in [4.69, 9.17) is 0 Å². The largest absolute Gasteiger partial charge is 0.357 e. The Labute approximate surface area is 122 Å². The molecule has 2 aromatic heterocycles. The van der Waals surface area contributed by atoms with Crippen LogP contribution >= 0.6 is 23.1 Å². The number of nitrogens with zero attached hydrogens (tertiary/aromatic N) is 3. The highest BCUT2D eigenvalue weighted by atomic mass is 32.2. The Morgan fingerprint density at radius 1 is 1.32 bits per heavy atom. The first-order chi connectivity index (χ1) is 9.28. The van der Waals surface area contributed by atoms with E-state index >= 15 is 0 Å². The van der Waals surface area contributed by atoms with Crippen molar-refractivity contribution in [1.29, 1.82) is 0 Å². The fourth-order valence-electron chi connectivity index (χ4n) is 1.86. The van der Waals surface area contributed by atoms with Crippen molar-refractivity contribution in [2.45, 2.75) is 18.9 Å². The van der Waals surface area contributed by atoms with E-state index in [-0.39, 0.29) is 0 Å². The lowest BCUT2D eigenvalue weighted by atomic mass is 10.4. The summed E-state index contributed by atoms with van der Waals surface area (Å²) in [6.07, 6.45) is 0. The molecule has 0 spiro atoms. The number of fused-ring (bicyclic) bond motifs is 1. The zero-order valence-electron chi connectivity index (χ0n) is 11.6. The van der Waals surface area contributed by atoms with Gasteiger partial charge < -0.3 is 10.2 Å². The smallest absolute Gasteiger partial charge is 0.224 e. The summed E-state index contributed by atoms with van der Waals surface area (Å²) < 4.78 is 0. The molecule has 0 fully saturated rings. The van der Waals surface area contributed by atoms with Crippen LogP contribution in [0.25, 0.3) is 10.2 Å². The molecule has 0 unspecified atom stereocenters. The number of thiophene rings is 1. The Morgan fingerprint density at radius 3 is 2.79 bits per heavy atom. The molecule has 0 saturated heterocycles. The SMILES string of the molecule is CCN(CC)CCSc1nc(NC)nc2sccc12. The van der Waals surface area contributed by atoms with Crippen LogP contribution in [-0.4, -0.2) is 47.3 Å². The van der Waals surface area contributed by atoms with E-state index in [0.29, 0.717) is 5.95 Å². The summed E-state index contributed by atoms with van der Waals surface area (Å²) in [5.74, 6) is 1.77. The summed E-state index contributed by atoms with van der Waals surface area (Å²) in [4.78, 5) is 12.5. The second-order valence-corrected chi connectivity index (χ2v) is 6.10. The maximum absolute atomic E-state index is 4.57. The van der Waals surface area contributed by atoms with E-state index in [0.717, 1.165) is 35.2 Å². The molecule has 2 heterocycles. The van der Waals surface area contributed by atoms with Gasteiger partial charge in [-0.1, -0.05) is 13.8 Å². The number of hydrogen-bond donors (Lipinski definition) is 1. The molecule has 0 amide bonds. The molecule has 0 aromatic carbocycles. The van der Waals surface area contributed by atoms with Crippen LogP contribution in [0.4, 0.5) is 5.95 Å². The molecule has 6 heteroatoms. The Bertz CT molecular complexity index is 522. The summed E-state index contributed by atoms with van der Waals surface area (Å²) in [7, 11) is 1.86. The number of thioether (sulfide) groups is 1. The Kier molecular flexibility index (Phi) is 5.42. The number of rotatable bonds is 7. The van der Waals surface area contributed by atoms with Crippen LogP contribution in [0.3, 0.4) is 0 Å². The Balaban J connectivity index is 2.08. The van der Waals surface area contributed by atoms with Crippen LogP contribution in [0.15, 0.2) is 16.5 Å². The highest BCUT2D eigenvalue weighted by molar-refractivity contribution is 7.99. The quantitative estimate of drug-likeness (QED) is 0.628. The number of aromatic nitrogens is 2. The molecule has 0 aliphatic rings. The molecule has 0 radical (unpaired) electrons. The molecule has 2 aromatic rings. The minimum Gasteiger partial charge on any atom is -0.357 e. The van der Waals surface area contributed by atoms with Crippen LogP contribution < -0.4 is 5.32 Å². The first kappa shape index (κ1) is 14.6. The standard InChI is InChI=1S/C13H20N4S2/c1-4-17(5-2)7-9-19-12-10-6-8-18-11(10)15-13(14-3)16-12/h6,8H,4-5,7,9H2,1-3H3,(H,14,15,16). The third-order valence-corrected chi connectivity index (χ3v) is 4.83. The van der Waals surface area contributed by atoms with Crippen LogP contribution in [0, 0.1) is 0 Å². The first-order valence-corrected chi connectivity index (χ1v) is 8.43. The monoisotopic (exact) mass is 296 g/mol. The summed E-state index contributed by atoms with van der Waals surface area (Å²) in [5.41, 5.74) is 0. The van der Waals surface area contributed by atoms with Gasteiger partial charge in [0.1, 0.15) is 9.86 Å². The van der Waals surface area contributed by atoms with Crippen molar-refractivity contribution in [3.05, 3.63) is 11.4 Å². The minimum absolute atomic E-state index is 0.709. The molecule has 0 bridgehead atoms. The van der Waals surface area contributed by atoms with Gasteiger partial charge in [-0.05, 0) is 24.5 Å². The normalized spacial score (nSPS) is 11.4. The van der Waals surface area contributed by atoms with Crippen LogP contribution in [0.5, 0.6) is 0 Å². The second-order valence-electron chi connectivity index (χ2n) is 4.12. The van der Waals surface area contributed by atoms with Gasteiger partial charge >= 0.3 is 0 Å². The first-order valence-electron chi connectivity index (χ1n) is 6.56. The highest BCUT2D eigenvalue weighted by Crippen LogP contribution is 2.29.